The molecule has 0 unspecified atom stereocenters. The van der Waals surface area contributed by atoms with Crippen LogP contribution in [0.2, 0.25) is 0 Å². The first-order valence-electron chi connectivity index (χ1n) is 17.4. The number of nitrogens with zero attached hydrogens (tertiary/aromatic N) is 1. The summed E-state index contributed by atoms with van der Waals surface area (Å²) in [6, 6.07) is 49.3. The Labute approximate surface area is 287 Å². The third-order valence-electron chi connectivity index (χ3n) is 11.5. The van der Waals surface area contributed by atoms with Crippen molar-refractivity contribution >= 4 is 49.8 Å². The number of benzene rings is 7. The number of aryl methyl sites for hydroxylation is 1. The highest BCUT2D eigenvalue weighted by Crippen LogP contribution is 2.57. The van der Waals surface area contributed by atoms with Crippen LogP contribution < -0.4 is 4.90 Å². The molecule has 0 spiro atoms. The quantitative estimate of drug-likeness (QED) is 0.193. The van der Waals surface area contributed by atoms with Crippen LogP contribution in [0.5, 0.6) is 0 Å². The molecule has 2 aliphatic carbocycles. The number of anilines is 3. The molecule has 0 aliphatic heterocycles. The highest BCUT2D eigenvalue weighted by molar-refractivity contribution is 6.14. The second kappa shape index (κ2) is 9.74. The van der Waals surface area contributed by atoms with Crippen molar-refractivity contribution in [3.8, 4) is 22.3 Å². The first-order valence-corrected chi connectivity index (χ1v) is 17.4. The average molecular weight is 632 g/mol. The Bertz CT molecular complexity index is 2670. The number of para-hydroxylation sites is 2. The summed E-state index contributed by atoms with van der Waals surface area (Å²) < 4.78 is 6.65. The van der Waals surface area contributed by atoms with E-state index in [-0.39, 0.29) is 10.8 Å². The van der Waals surface area contributed by atoms with Gasteiger partial charge >= 0.3 is 0 Å². The maximum absolute atomic E-state index is 6.65. The molecule has 2 aliphatic rings. The number of furan rings is 1. The Kier molecular flexibility index (Phi) is 5.65. The molecule has 2 heteroatoms. The van der Waals surface area contributed by atoms with E-state index in [0.29, 0.717) is 0 Å². The molecule has 236 valence electrons. The normalized spacial score (nSPS) is 15.0. The Balaban J connectivity index is 1.26. The minimum absolute atomic E-state index is 0.0609. The van der Waals surface area contributed by atoms with Crippen LogP contribution >= 0.6 is 0 Å². The van der Waals surface area contributed by atoms with Crippen molar-refractivity contribution in [1.29, 1.82) is 0 Å². The molecule has 0 bridgehead atoms. The highest BCUT2D eigenvalue weighted by Gasteiger charge is 2.40. The average Bonchev–Trinajstić information content (AvgIpc) is 3.61. The van der Waals surface area contributed by atoms with Crippen LogP contribution in [0.1, 0.15) is 55.5 Å². The van der Waals surface area contributed by atoms with Gasteiger partial charge in [-0.2, -0.15) is 0 Å². The SMILES string of the molecule is Cc1ccc(N(c2ccc3c4c(cccc24)C(C)(C)c2cc4c(cc2-3)C(C)(C)c2ccccc2-4)c2cccc3c2oc2ccccc23)cc1. The summed E-state index contributed by atoms with van der Waals surface area (Å²) in [6.07, 6.45) is 0. The zero-order valence-electron chi connectivity index (χ0n) is 28.6. The van der Waals surface area contributed by atoms with Crippen molar-refractivity contribution in [2.45, 2.75) is 45.4 Å². The molecule has 0 atom stereocenters. The van der Waals surface area contributed by atoms with Crippen LogP contribution in [-0.2, 0) is 10.8 Å². The van der Waals surface area contributed by atoms with Crippen LogP contribution in [-0.4, -0.2) is 0 Å². The van der Waals surface area contributed by atoms with Gasteiger partial charge < -0.3 is 9.32 Å². The maximum Gasteiger partial charge on any atom is 0.159 e. The molecule has 49 heavy (non-hydrogen) atoms. The molecule has 0 radical (unpaired) electrons. The maximum atomic E-state index is 6.65. The fourth-order valence-electron chi connectivity index (χ4n) is 8.97. The monoisotopic (exact) mass is 631 g/mol. The van der Waals surface area contributed by atoms with Crippen molar-refractivity contribution in [2.24, 2.45) is 0 Å². The van der Waals surface area contributed by atoms with Crippen molar-refractivity contribution in [2.75, 3.05) is 4.90 Å². The molecule has 7 aromatic carbocycles. The topological polar surface area (TPSA) is 16.4 Å². The molecule has 0 saturated carbocycles. The molecule has 0 N–H and O–H groups in total. The molecule has 2 nitrogen and oxygen atoms in total. The fraction of sp³-hybridized carbons (Fsp3) is 0.149. The third-order valence-corrected chi connectivity index (χ3v) is 11.5. The van der Waals surface area contributed by atoms with Crippen LogP contribution in [0.4, 0.5) is 17.1 Å². The molecule has 8 aromatic rings. The second-order valence-electron chi connectivity index (χ2n) is 15.0. The summed E-state index contributed by atoms with van der Waals surface area (Å²) in [4.78, 5) is 2.40. The lowest BCUT2D eigenvalue weighted by atomic mass is 9.67. The number of hydrogen-bond acceptors (Lipinski definition) is 2. The lowest BCUT2D eigenvalue weighted by molar-refractivity contribution is 0.639. The number of rotatable bonds is 3. The van der Waals surface area contributed by atoms with Gasteiger partial charge in [0.15, 0.2) is 5.58 Å². The van der Waals surface area contributed by atoms with Gasteiger partial charge in [-0.3, -0.25) is 0 Å². The molecular formula is C47H37NO. The zero-order valence-corrected chi connectivity index (χ0v) is 28.6. The molecule has 0 saturated heterocycles. The molecule has 1 heterocycles. The van der Waals surface area contributed by atoms with Crippen LogP contribution in [0.3, 0.4) is 0 Å². The zero-order chi connectivity index (χ0) is 33.2. The lowest BCUT2D eigenvalue weighted by Crippen LogP contribution is -2.25. The summed E-state index contributed by atoms with van der Waals surface area (Å²) in [6.45, 7) is 11.7. The van der Waals surface area contributed by atoms with E-state index in [0.717, 1.165) is 39.0 Å². The summed E-state index contributed by atoms with van der Waals surface area (Å²) in [5.41, 5.74) is 17.1. The molecule has 0 amide bonds. The van der Waals surface area contributed by atoms with Crippen LogP contribution in [0.25, 0.3) is 55.0 Å². The first-order chi connectivity index (χ1) is 23.7. The van der Waals surface area contributed by atoms with E-state index in [1.807, 2.05) is 6.07 Å². The van der Waals surface area contributed by atoms with Gasteiger partial charge in [-0.15, -0.1) is 0 Å². The Morgan fingerprint density at radius 3 is 1.92 bits per heavy atom. The summed E-state index contributed by atoms with van der Waals surface area (Å²) in [5, 5.41) is 4.83. The summed E-state index contributed by atoms with van der Waals surface area (Å²) in [5.74, 6) is 0. The highest BCUT2D eigenvalue weighted by atomic mass is 16.3. The molecular weight excluding hydrogens is 595 g/mol. The van der Waals surface area contributed by atoms with Crippen LogP contribution in [0.15, 0.2) is 138 Å². The summed E-state index contributed by atoms with van der Waals surface area (Å²) >= 11 is 0. The van der Waals surface area contributed by atoms with Crippen LogP contribution in [0, 0.1) is 6.92 Å². The van der Waals surface area contributed by atoms with Crippen molar-refractivity contribution < 1.29 is 4.42 Å². The van der Waals surface area contributed by atoms with E-state index in [4.69, 9.17) is 4.42 Å². The Morgan fingerprint density at radius 2 is 1.10 bits per heavy atom. The largest absolute Gasteiger partial charge is 0.454 e. The van der Waals surface area contributed by atoms with Gasteiger partial charge in [0.05, 0.1) is 11.4 Å². The molecule has 1 aromatic heterocycles. The summed E-state index contributed by atoms with van der Waals surface area (Å²) in [7, 11) is 0. The van der Waals surface area contributed by atoms with Gasteiger partial charge in [-0.25, -0.2) is 0 Å². The van der Waals surface area contributed by atoms with Crippen molar-refractivity contribution in [3.63, 3.8) is 0 Å². The Hall–Kier alpha value is -5.60. The van der Waals surface area contributed by atoms with Crippen molar-refractivity contribution in [3.05, 3.63) is 161 Å². The van der Waals surface area contributed by atoms with E-state index in [1.54, 1.807) is 0 Å². The van der Waals surface area contributed by atoms with E-state index < -0.39 is 0 Å². The molecule has 0 fully saturated rings. The second-order valence-corrected chi connectivity index (χ2v) is 15.0. The van der Waals surface area contributed by atoms with Crippen molar-refractivity contribution in [1.82, 2.24) is 0 Å². The predicted octanol–water partition coefficient (Wildman–Crippen LogP) is 13.1. The number of fused-ring (bicyclic) bond motifs is 8. The third kappa shape index (κ3) is 3.77. The lowest BCUT2D eigenvalue weighted by Gasteiger charge is -2.37. The van der Waals surface area contributed by atoms with E-state index >= 15 is 0 Å². The van der Waals surface area contributed by atoms with Gasteiger partial charge in [0.2, 0.25) is 0 Å². The smallest absolute Gasteiger partial charge is 0.159 e. The minimum Gasteiger partial charge on any atom is -0.454 e. The van der Waals surface area contributed by atoms with E-state index in [2.05, 4.69) is 167 Å². The minimum atomic E-state index is -0.190. The van der Waals surface area contributed by atoms with Gasteiger partial charge in [0.1, 0.15) is 5.58 Å². The van der Waals surface area contributed by atoms with E-state index in [1.165, 1.54) is 60.8 Å². The van der Waals surface area contributed by atoms with Gasteiger partial charge in [-0.1, -0.05) is 124 Å². The first kappa shape index (κ1) is 28.4. The Morgan fingerprint density at radius 1 is 0.469 bits per heavy atom. The fourth-order valence-corrected chi connectivity index (χ4v) is 8.97. The van der Waals surface area contributed by atoms with E-state index in [9.17, 15) is 0 Å². The number of hydrogen-bond donors (Lipinski definition) is 0. The predicted molar refractivity (Wildman–Crippen MR) is 206 cm³/mol. The van der Waals surface area contributed by atoms with Gasteiger partial charge in [0.25, 0.3) is 0 Å². The molecule has 10 rings (SSSR count). The van der Waals surface area contributed by atoms with Gasteiger partial charge in [0, 0.05) is 32.7 Å². The standard InChI is InChI=1S/C47H37NO/c1-28-20-22-29(23-21-28)48(42-18-11-14-33-31-13-7-9-19-43(31)49-45(33)42)41-25-24-32-36-27-39-35(30-12-6-8-16-37(30)46(39,2)3)26-40(36)47(4,5)38-17-10-15-34(41)44(32)38/h6-27H,1-5H3. The van der Waals surface area contributed by atoms with Gasteiger partial charge in [-0.05, 0) is 99.3 Å².